The van der Waals surface area contributed by atoms with Gasteiger partial charge < -0.3 is 14.2 Å². The average Bonchev–Trinajstić information content (AvgIpc) is 3.38. The van der Waals surface area contributed by atoms with Crippen LogP contribution in [0.2, 0.25) is 5.02 Å². The zero-order valence-electron chi connectivity index (χ0n) is 28.2. The van der Waals surface area contributed by atoms with Gasteiger partial charge in [-0.05, 0) is 18.9 Å². The average molecular weight is 668 g/mol. The number of aromatic nitrogens is 3. The summed E-state index contributed by atoms with van der Waals surface area (Å²) in [6, 6.07) is 2.95. The van der Waals surface area contributed by atoms with Gasteiger partial charge in [0, 0.05) is 31.1 Å². The highest BCUT2D eigenvalue weighted by atomic mass is 35.5. The molecular formula is C36H46ClN3O7. The Labute approximate surface area is 280 Å². The van der Waals surface area contributed by atoms with Crippen molar-refractivity contribution in [2.45, 2.75) is 109 Å². The molecule has 10 nitrogen and oxygen atoms in total. The van der Waals surface area contributed by atoms with Gasteiger partial charge in [-0.1, -0.05) is 96.1 Å². The first-order valence-electron chi connectivity index (χ1n) is 17.0. The third-order valence-electron chi connectivity index (χ3n) is 9.82. The van der Waals surface area contributed by atoms with E-state index in [1.165, 1.54) is 86.9 Å². The molecule has 3 aromatic rings. The predicted molar refractivity (Wildman–Crippen MR) is 182 cm³/mol. The van der Waals surface area contributed by atoms with Gasteiger partial charge >= 0.3 is 5.69 Å². The van der Waals surface area contributed by atoms with Gasteiger partial charge in [0.15, 0.2) is 5.75 Å². The van der Waals surface area contributed by atoms with Crippen LogP contribution in [0.5, 0.6) is 17.2 Å². The summed E-state index contributed by atoms with van der Waals surface area (Å²) in [6.07, 6.45) is 14.3. The summed E-state index contributed by atoms with van der Waals surface area (Å²) in [4.78, 5) is 60.0. The number of ether oxygens (including phenoxy) is 3. The van der Waals surface area contributed by atoms with Crippen molar-refractivity contribution in [2.24, 2.45) is 13.0 Å². The molecule has 0 saturated carbocycles. The van der Waals surface area contributed by atoms with Gasteiger partial charge in [-0.2, -0.15) is 0 Å². The van der Waals surface area contributed by atoms with Crippen molar-refractivity contribution in [2.75, 3.05) is 14.2 Å². The highest BCUT2D eigenvalue weighted by Crippen LogP contribution is 2.53. The van der Waals surface area contributed by atoms with Gasteiger partial charge in [-0.3, -0.25) is 23.5 Å². The summed E-state index contributed by atoms with van der Waals surface area (Å²) in [5, 5.41) is 0.203. The summed E-state index contributed by atoms with van der Waals surface area (Å²) in [5.41, 5.74) is -2.06. The van der Waals surface area contributed by atoms with Crippen molar-refractivity contribution in [1.82, 2.24) is 14.1 Å². The van der Waals surface area contributed by atoms with Crippen LogP contribution < -0.4 is 25.5 Å². The monoisotopic (exact) mass is 667 g/mol. The molecule has 1 aliphatic heterocycles. The molecule has 2 aromatic heterocycles. The topological polar surface area (TPSA) is 119 Å². The summed E-state index contributed by atoms with van der Waals surface area (Å²) in [7, 11) is 4.42. The molecule has 0 N–H and O–H groups in total. The first-order chi connectivity index (χ1) is 22.6. The number of fused-ring (bicyclic) bond motifs is 3. The number of hydrogen-bond donors (Lipinski definition) is 0. The maximum Gasteiger partial charge on any atom is 0.332 e. The number of methoxy groups -OCH3 is 2. The minimum absolute atomic E-state index is 0.0254. The molecule has 1 spiro atoms. The number of hydrogen-bond acceptors (Lipinski definition) is 8. The molecule has 0 saturated heterocycles. The quantitative estimate of drug-likeness (QED) is 0.127. The molecule has 2 atom stereocenters. The molecule has 254 valence electrons. The number of ketones is 2. The third-order valence-corrected chi connectivity index (χ3v) is 10.2. The van der Waals surface area contributed by atoms with Crippen molar-refractivity contribution < 1.29 is 23.8 Å². The van der Waals surface area contributed by atoms with E-state index in [9.17, 15) is 19.2 Å². The lowest BCUT2D eigenvalue weighted by Gasteiger charge is -2.36. The molecule has 47 heavy (non-hydrogen) atoms. The summed E-state index contributed by atoms with van der Waals surface area (Å²) >= 11 is 6.55. The van der Waals surface area contributed by atoms with Crippen LogP contribution in [0.25, 0.3) is 11.0 Å². The van der Waals surface area contributed by atoms with Crippen LogP contribution >= 0.6 is 11.6 Å². The van der Waals surface area contributed by atoms with Gasteiger partial charge in [0.2, 0.25) is 17.2 Å². The number of carbonyl (C=O) groups is 2. The lowest BCUT2D eigenvalue weighted by Crippen LogP contribution is -2.57. The van der Waals surface area contributed by atoms with E-state index in [-0.39, 0.29) is 57.4 Å². The second kappa shape index (κ2) is 14.6. The summed E-state index contributed by atoms with van der Waals surface area (Å²) < 4.78 is 19.6. The van der Waals surface area contributed by atoms with E-state index in [0.29, 0.717) is 12.1 Å². The highest BCUT2D eigenvalue weighted by molar-refractivity contribution is 6.36. The zero-order valence-corrected chi connectivity index (χ0v) is 29.0. The van der Waals surface area contributed by atoms with E-state index in [1.54, 1.807) is 14.0 Å². The van der Waals surface area contributed by atoms with Gasteiger partial charge in [-0.15, -0.1) is 0 Å². The molecule has 0 unspecified atom stereocenters. The smallest absolute Gasteiger partial charge is 0.332 e. The number of benzene rings is 1. The summed E-state index contributed by atoms with van der Waals surface area (Å²) in [5.74, 6) is -1.37. The van der Waals surface area contributed by atoms with Crippen LogP contribution in [0.4, 0.5) is 0 Å². The molecule has 2 aliphatic rings. The highest BCUT2D eigenvalue weighted by Gasteiger charge is 2.62. The first-order valence-corrected chi connectivity index (χ1v) is 17.4. The second-order valence-corrected chi connectivity index (χ2v) is 13.3. The molecule has 0 bridgehead atoms. The Balaban J connectivity index is 1.35. The lowest BCUT2D eigenvalue weighted by atomic mass is 9.71. The lowest BCUT2D eigenvalue weighted by molar-refractivity contribution is 0.0257. The molecule has 11 heteroatoms. The Morgan fingerprint density at radius 2 is 1.49 bits per heavy atom. The van der Waals surface area contributed by atoms with Crippen LogP contribution in [0, 0.1) is 5.92 Å². The Morgan fingerprint density at radius 3 is 2.09 bits per heavy atom. The Morgan fingerprint density at radius 1 is 0.894 bits per heavy atom. The maximum absolute atomic E-state index is 14.3. The Bertz CT molecular complexity index is 1800. The molecule has 1 aromatic carbocycles. The van der Waals surface area contributed by atoms with Crippen LogP contribution in [0.15, 0.2) is 21.7 Å². The SMILES string of the molecule is CCCCCCCCCCCCCCn1c(=O)c2cc3c(nc2n(C)c1=O)C[C@@H](C)[C@]1(Oc2c(Cl)c(OC)cc(OC)c2C1=O)C3=O. The maximum atomic E-state index is 14.3. The van der Waals surface area contributed by atoms with Crippen molar-refractivity contribution in [3.63, 3.8) is 0 Å². The number of halogens is 1. The molecular weight excluding hydrogens is 622 g/mol. The van der Waals surface area contributed by atoms with Crippen LogP contribution in [-0.2, 0) is 20.0 Å². The van der Waals surface area contributed by atoms with Crippen molar-refractivity contribution in [3.8, 4) is 17.2 Å². The van der Waals surface area contributed by atoms with Gasteiger partial charge in [0.1, 0.15) is 27.7 Å². The second-order valence-electron chi connectivity index (χ2n) is 12.9. The molecule has 3 heterocycles. The number of Topliss-reactive ketones (excluding diaryl/α,β-unsaturated/α-hetero) is 2. The van der Waals surface area contributed by atoms with Crippen LogP contribution in [-0.4, -0.2) is 45.5 Å². The van der Waals surface area contributed by atoms with Crippen molar-refractivity contribution in [1.29, 1.82) is 0 Å². The molecule has 0 radical (unpaired) electrons. The number of rotatable bonds is 15. The third kappa shape index (κ3) is 6.21. The van der Waals surface area contributed by atoms with E-state index in [1.807, 2.05) is 0 Å². The van der Waals surface area contributed by atoms with Crippen LogP contribution in [0.1, 0.15) is 117 Å². The van der Waals surface area contributed by atoms with Gasteiger partial charge in [-0.25, -0.2) is 9.78 Å². The summed E-state index contributed by atoms with van der Waals surface area (Å²) in [6.45, 7) is 4.25. The fourth-order valence-corrected chi connectivity index (χ4v) is 7.32. The van der Waals surface area contributed by atoms with Crippen LogP contribution in [0.3, 0.4) is 0 Å². The van der Waals surface area contributed by atoms with Crippen molar-refractivity contribution >= 4 is 34.2 Å². The minimum atomic E-state index is -1.91. The van der Waals surface area contributed by atoms with E-state index < -0.39 is 34.3 Å². The van der Waals surface area contributed by atoms with Crippen molar-refractivity contribution in [3.05, 3.63) is 54.8 Å². The van der Waals surface area contributed by atoms with E-state index >= 15 is 0 Å². The fraction of sp³-hybridized carbons (Fsp3) is 0.583. The molecule has 0 fully saturated rings. The number of aryl methyl sites for hydroxylation is 1. The number of nitrogens with zero attached hydrogens (tertiary/aromatic N) is 3. The zero-order chi connectivity index (χ0) is 33.9. The van der Waals surface area contributed by atoms with E-state index in [0.717, 1.165) is 19.3 Å². The number of carbonyl (C=O) groups excluding carboxylic acids is 2. The van der Waals surface area contributed by atoms with Gasteiger partial charge in [0.05, 0.1) is 25.3 Å². The first kappa shape index (κ1) is 34.7. The molecule has 1 aliphatic carbocycles. The van der Waals surface area contributed by atoms with Gasteiger partial charge in [0.25, 0.3) is 5.56 Å². The number of pyridine rings is 1. The number of unbranched alkanes of at least 4 members (excludes halogenated alkanes) is 11. The van der Waals surface area contributed by atoms with E-state index in [4.69, 9.17) is 25.8 Å². The Hall–Kier alpha value is -3.66. The largest absolute Gasteiger partial charge is 0.496 e. The fourth-order valence-electron chi connectivity index (χ4n) is 7.05. The molecule has 5 rings (SSSR count). The minimum Gasteiger partial charge on any atom is -0.496 e. The Kier molecular flexibility index (Phi) is 10.8. The standard InChI is InChI=1S/C36H46ClN3O7/c1-6-7-8-9-10-11-12-13-14-15-16-17-18-40-34(43)24-20-23-25(38-33(24)39(3)35(40)44)19-22(2)36(31(23)41)32(42)28-26(45-4)21-27(46-5)29(37)30(28)47-36/h20-22H,6-19H2,1-5H3/t22-,36+/m1/s1. The predicted octanol–water partition coefficient (Wildman–Crippen LogP) is 6.86. The normalized spacial score (nSPS) is 18.5. The molecule has 0 amide bonds. The van der Waals surface area contributed by atoms with E-state index in [2.05, 4.69) is 11.9 Å².